The van der Waals surface area contributed by atoms with Crippen LogP contribution in [0.1, 0.15) is 31.1 Å². The van der Waals surface area contributed by atoms with Crippen molar-refractivity contribution in [3.8, 4) is 5.75 Å². The lowest BCUT2D eigenvalue weighted by Gasteiger charge is -2.15. The Bertz CT molecular complexity index is 822. The highest BCUT2D eigenvalue weighted by Crippen LogP contribution is 2.25. The van der Waals surface area contributed by atoms with Gasteiger partial charge in [0.2, 0.25) is 5.91 Å². The number of alkyl halides is 2. The SMILES string of the molecule is CC(C)C(=O)Nc1cc(C(=O)Nc2cnccc2OCC(C)(F)F)ccn1. The second kappa shape index (κ2) is 8.52. The van der Waals surface area contributed by atoms with Crippen molar-refractivity contribution in [3.05, 3.63) is 42.4 Å². The van der Waals surface area contributed by atoms with Crippen LogP contribution >= 0.6 is 0 Å². The van der Waals surface area contributed by atoms with Crippen LogP contribution in [0, 0.1) is 5.92 Å². The molecule has 2 amide bonds. The average molecular weight is 378 g/mol. The van der Waals surface area contributed by atoms with Crippen LogP contribution in [-0.2, 0) is 4.79 Å². The summed E-state index contributed by atoms with van der Waals surface area (Å²) in [6.07, 6.45) is 4.04. The van der Waals surface area contributed by atoms with Gasteiger partial charge < -0.3 is 15.4 Å². The molecule has 2 aromatic heterocycles. The maximum absolute atomic E-state index is 13.0. The predicted molar refractivity (Wildman–Crippen MR) is 96.0 cm³/mol. The monoisotopic (exact) mass is 378 g/mol. The molecular weight excluding hydrogens is 358 g/mol. The Hall–Kier alpha value is -3.10. The van der Waals surface area contributed by atoms with E-state index in [1.807, 2.05) is 0 Å². The lowest BCUT2D eigenvalue weighted by atomic mass is 10.2. The predicted octanol–water partition coefficient (Wildman–Crippen LogP) is 3.36. The molecule has 2 aromatic rings. The van der Waals surface area contributed by atoms with Crippen LogP contribution in [0.5, 0.6) is 5.75 Å². The standard InChI is InChI=1S/C18H20F2N4O3/c1-11(2)16(25)24-15-8-12(4-7-22-15)17(26)23-13-9-21-6-5-14(13)27-10-18(3,19)20/h4-9,11H,10H2,1-3H3,(H,23,26)(H,22,24,25). The van der Waals surface area contributed by atoms with E-state index in [9.17, 15) is 18.4 Å². The van der Waals surface area contributed by atoms with Gasteiger partial charge in [0.1, 0.15) is 17.3 Å². The van der Waals surface area contributed by atoms with Gasteiger partial charge in [-0.3, -0.25) is 14.6 Å². The third-order valence-electron chi connectivity index (χ3n) is 3.31. The normalized spacial score (nSPS) is 11.2. The van der Waals surface area contributed by atoms with E-state index in [2.05, 4.69) is 20.6 Å². The molecule has 2 N–H and O–H groups in total. The second-order valence-electron chi connectivity index (χ2n) is 6.26. The fraction of sp³-hybridized carbons (Fsp3) is 0.333. The summed E-state index contributed by atoms with van der Waals surface area (Å²) in [5.74, 6) is -3.71. The number of ether oxygens (including phenoxy) is 1. The first-order valence-corrected chi connectivity index (χ1v) is 8.18. The first-order valence-electron chi connectivity index (χ1n) is 8.18. The smallest absolute Gasteiger partial charge is 0.278 e. The molecule has 0 aliphatic heterocycles. The molecule has 0 bridgehead atoms. The minimum Gasteiger partial charge on any atom is -0.485 e. The third kappa shape index (κ3) is 6.28. The number of hydrogen-bond acceptors (Lipinski definition) is 5. The molecular formula is C18H20F2N4O3. The van der Waals surface area contributed by atoms with Gasteiger partial charge in [0.05, 0.1) is 6.20 Å². The number of anilines is 2. The van der Waals surface area contributed by atoms with Crippen LogP contribution in [0.4, 0.5) is 20.3 Å². The molecule has 2 heterocycles. The molecule has 0 aliphatic rings. The van der Waals surface area contributed by atoms with Crippen LogP contribution in [0.2, 0.25) is 0 Å². The fourth-order valence-electron chi connectivity index (χ4n) is 1.91. The number of aromatic nitrogens is 2. The van der Waals surface area contributed by atoms with E-state index in [1.165, 1.54) is 36.8 Å². The van der Waals surface area contributed by atoms with E-state index in [1.54, 1.807) is 13.8 Å². The highest BCUT2D eigenvalue weighted by Gasteiger charge is 2.23. The number of carbonyl (C=O) groups excluding carboxylic acids is 2. The van der Waals surface area contributed by atoms with Gasteiger partial charge in [-0.15, -0.1) is 0 Å². The summed E-state index contributed by atoms with van der Waals surface area (Å²) in [6.45, 7) is 3.36. The van der Waals surface area contributed by atoms with E-state index in [0.29, 0.717) is 0 Å². The van der Waals surface area contributed by atoms with Crippen molar-refractivity contribution in [3.63, 3.8) is 0 Å². The molecule has 0 fully saturated rings. The molecule has 9 heteroatoms. The minimum atomic E-state index is -3.01. The lowest BCUT2D eigenvalue weighted by molar-refractivity contribution is -0.118. The van der Waals surface area contributed by atoms with Gasteiger partial charge in [-0.1, -0.05) is 13.8 Å². The Labute approximate surface area is 155 Å². The molecule has 0 aromatic carbocycles. The summed E-state index contributed by atoms with van der Waals surface area (Å²) in [4.78, 5) is 32.1. The molecule has 7 nitrogen and oxygen atoms in total. The summed E-state index contributed by atoms with van der Waals surface area (Å²) < 4.78 is 31.1. The molecule has 0 aliphatic carbocycles. The van der Waals surface area contributed by atoms with Crippen LogP contribution in [0.15, 0.2) is 36.8 Å². The van der Waals surface area contributed by atoms with Gasteiger partial charge in [0.25, 0.3) is 11.8 Å². The van der Waals surface area contributed by atoms with Crippen LogP contribution in [0.3, 0.4) is 0 Å². The van der Waals surface area contributed by atoms with E-state index in [4.69, 9.17) is 4.74 Å². The summed E-state index contributed by atoms with van der Waals surface area (Å²) in [5.41, 5.74) is 0.371. The number of nitrogens with zero attached hydrogens (tertiary/aromatic N) is 2. The number of carbonyl (C=O) groups is 2. The molecule has 27 heavy (non-hydrogen) atoms. The van der Waals surface area contributed by atoms with Crippen molar-refractivity contribution in [1.82, 2.24) is 9.97 Å². The average Bonchev–Trinajstić information content (AvgIpc) is 2.60. The zero-order valence-electron chi connectivity index (χ0n) is 15.1. The lowest BCUT2D eigenvalue weighted by Crippen LogP contribution is -2.22. The maximum Gasteiger partial charge on any atom is 0.278 e. The molecule has 0 saturated carbocycles. The summed E-state index contributed by atoms with van der Waals surface area (Å²) in [7, 11) is 0. The number of amides is 2. The Morgan fingerprint density at radius 2 is 1.96 bits per heavy atom. The molecule has 0 unspecified atom stereocenters. The number of nitrogens with one attached hydrogen (secondary N) is 2. The summed E-state index contributed by atoms with van der Waals surface area (Å²) in [5, 5.41) is 5.15. The van der Waals surface area contributed by atoms with Gasteiger partial charge in [-0.25, -0.2) is 13.8 Å². The topological polar surface area (TPSA) is 93.2 Å². The van der Waals surface area contributed by atoms with Crippen LogP contribution in [0.25, 0.3) is 0 Å². The van der Waals surface area contributed by atoms with Crippen LogP contribution < -0.4 is 15.4 Å². The summed E-state index contributed by atoms with van der Waals surface area (Å²) in [6, 6.07) is 4.24. The van der Waals surface area contributed by atoms with E-state index < -0.39 is 18.4 Å². The van der Waals surface area contributed by atoms with Crippen molar-refractivity contribution >= 4 is 23.3 Å². The van der Waals surface area contributed by atoms with Crippen molar-refractivity contribution in [2.75, 3.05) is 17.2 Å². The van der Waals surface area contributed by atoms with Gasteiger partial charge >= 0.3 is 0 Å². The quantitative estimate of drug-likeness (QED) is 0.771. The number of pyridine rings is 2. The Morgan fingerprint density at radius 1 is 1.22 bits per heavy atom. The first-order chi connectivity index (χ1) is 12.7. The number of rotatable bonds is 7. The summed E-state index contributed by atoms with van der Waals surface area (Å²) >= 11 is 0. The van der Waals surface area contributed by atoms with Gasteiger partial charge in [-0.2, -0.15) is 0 Å². The number of halogens is 2. The largest absolute Gasteiger partial charge is 0.485 e. The van der Waals surface area contributed by atoms with Gasteiger partial charge in [-0.05, 0) is 12.1 Å². The third-order valence-corrected chi connectivity index (χ3v) is 3.31. The van der Waals surface area contributed by atoms with E-state index in [0.717, 1.165) is 6.92 Å². The highest BCUT2D eigenvalue weighted by atomic mass is 19.3. The van der Waals surface area contributed by atoms with E-state index >= 15 is 0 Å². The highest BCUT2D eigenvalue weighted by molar-refractivity contribution is 6.05. The van der Waals surface area contributed by atoms with Crippen molar-refractivity contribution < 1.29 is 23.1 Å². The molecule has 0 radical (unpaired) electrons. The maximum atomic E-state index is 13.0. The van der Waals surface area contributed by atoms with Crippen molar-refractivity contribution in [2.45, 2.75) is 26.7 Å². The van der Waals surface area contributed by atoms with E-state index in [-0.39, 0.29) is 34.6 Å². The Kier molecular flexibility index (Phi) is 6.38. The molecule has 0 spiro atoms. The van der Waals surface area contributed by atoms with Gasteiger partial charge in [0, 0.05) is 36.9 Å². The van der Waals surface area contributed by atoms with Gasteiger partial charge in [0.15, 0.2) is 6.61 Å². The number of hydrogen-bond donors (Lipinski definition) is 2. The Balaban J connectivity index is 2.13. The zero-order valence-corrected chi connectivity index (χ0v) is 15.1. The Morgan fingerprint density at radius 3 is 2.63 bits per heavy atom. The fourth-order valence-corrected chi connectivity index (χ4v) is 1.91. The molecule has 144 valence electrons. The molecule has 2 rings (SSSR count). The van der Waals surface area contributed by atoms with Crippen LogP contribution in [-0.4, -0.2) is 34.3 Å². The zero-order chi connectivity index (χ0) is 20.0. The first kappa shape index (κ1) is 20.2. The minimum absolute atomic E-state index is 0.0715. The van der Waals surface area contributed by atoms with Crippen molar-refractivity contribution in [1.29, 1.82) is 0 Å². The molecule has 0 saturated heterocycles. The van der Waals surface area contributed by atoms with Crippen molar-refractivity contribution in [2.24, 2.45) is 5.92 Å². The molecule has 0 atom stereocenters. The second-order valence-corrected chi connectivity index (χ2v) is 6.26.